The highest BCUT2D eigenvalue weighted by Gasteiger charge is 2.27. The Kier molecular flexibility index (Phi) is 26.4. The van der Waals surface area contributed by atoms with E-state index in [1.54, 1.807) is 59.1 Å². The number of amides is 2. The number of rotatable bonds is 11. The number of alkyl carbamates (subject to hydrolysis) is 1. The maximum absolute atomic E-state index is 12.5. The topological polar surface area (TPSA) is 132 Å². The molecule has 3 N–H and O–H groups in total. The highest BCUT2D eigenvalue weighted by atomic mass is 35.5. The minimum Gasteiger partial charge on any atom is -0.456 e. The number of halogens is 1. The molecule has 10 nitrogen and oxygen atoms in total. The second-order valence-electron chi connectivity index (χ2n) is 10.3. The van der Waals surface area contributed by atoms with Gasteiger partial charge in [-0.05, 0) is 54.0 Å². The Labute approximate surface area is 263 Å². The van der Waals surface area contributed by atoms with Crippen LogP contribution in [0.3, 0.4) is 0 Å². The van der Waals surface area contributed by atoms with E-state index in [1.807, 2.05) is 27.7 Å². The van der Waals surface area contributed by atoms with Gasteiger partial charge >= 0.3 is 18.0 Å². The molecule has 2 unspecified atom stereocenters. The SMILES string of the molecule is CC.CC.CC(C)(C)OC(=O)NCC(=O)OC(/C=C/CCCl)CC(=O)NCC1NC(C(=O)OC(C)(C)C)=CS1.CCC. The molecule has 246 valence electrons. The molecular formula is C30H56ClN3O7S. The molecule has 42 heavy (non-hydrogen) atoms. The van der Waals surface area contributed by atoms with E-state index in [4.69, 9.17) is 25.8 Å². The quantitative estimate of drug-likeness (QED) is 0.101. The van der Waals surface area contributed by atoms with Crippen molar-refractivity contribution in [1.82, 2.24) is 16.0 Å². The van der Waals surface area contributed by atoms with E-state index in [2.05, 4.69) is 29.8 Å². The summed E-state index contributed by atoms with van der Waals surface area (Å²) in [5.74, 6) is -1.16. The predicted molar refractivity (Wildman–Crippen MR) is 173 cm³/mol. The average Bonchev–Trinajstić information content (AvgIpc) is 3.37. The predicted octanol–water partition coefficient (Wildman–Crippen LogP) is 6.43. The van der Waals surface area contributed by atoms with Crippen LogP contribution in [0.2, 0.25) is 0 Å². The second-order valence-corrected chi connectivity index (χ2v) is 11.8. The molecule has 2 amide bonds. The molecule has 0 aliphatic carbocycles. The highest BCUT2D eigenvalue weighted by molar-refractivity contribution is 8.03. The molecule has 0 aromatic carbocycles. The van der Waals surface area contributed by atoms with Gasteiger partial charge in [-0.3, -0.25) is 9.59 Å². The highest BCUT2D eigenvalue weighted by Crippen LogP contribution is 2.22. The lowest BCUT2D eigenvalue weighted by Crippen LogP contribution is -2.40. The summed E-state index contributed by atoms with van der Waals surface area (Å²) < 4.78 is 15.7. The molecule has 0 radical (unpaired) electrons. The normalized spacial score (nSPS) is 14.6. The van der Waals surface area contributed by atoms with E-state index in [9.17, 15) is 19.2 Å². The van der Waals surface area contributed by atoms with Crippen LogP contribution in [0.4, 0.5) is 4.79 Å². The van der Waals surface area contributed by atoms with Crippen molar-refractivity contribution in [2.45, 2.75) is 125 Å². The van der Waals surface area contributed by atoms with Crippen molar-refractivity contribution in [3.8, 4) is 0 Å². The van der Waals surface area contributed by atoms with Gasteiger partial charge in [0, 0.05) is 17.8 Å². The Morgan fingerprint density at radius 3 is 2.05 bits per heavy atom. The zero-order valence-electron chi connectivity index (χ0n) is 27.8. The lowest BCUT2D eigenvalue weighted by atomic mass is 10.2. The summed E-state index contributed by atoms with van der Waals surface area (Å²) in [6.45, 7) is 22.5. The van der Waals surface area contributed by atoms with E-state index >= 15 is 0 Å². The first-order valence-corrected chi connectivity index (χ1v) is 16.1. The molecule has 2 atom stereocenters. The van der Waals surface area contributed by atoms with Crippen molar-refractivity contribution < 1.29 is 33.4 Å². The standard InChI is InChI=1S/C23H36ClN3O7S.C3H8.2C2H6/c1-22(2,3)33-20(30)16-14-35-18(27-16)12-25-17(28)11-15(9-7-8-10-24)32-19(29)13-26-21(31)34-23(4,5)6;1-3-2;2*1-2/h7,9,14-15,18,27H,8,10-13H2,1-6H3,(H,25,28)(H,26,31);3H2,1-2H3;2*1-2H3/b9-7+;;;. The van der Waals surface area contributed by atoms with Gasteiger partial charge in [-0.2, -0.15) is 0 Å². The zero-order valence-corrected chi connectivity index (χ0v) is 29.3. The molecule has 1 aliphatic heterocycles. The number of allylic oxidation sites excluding steroid dienone is 1. The first kappa shape index (κ1) is 44.0. The average molecular weight is 638 g/mol. The Morgan fingerprint density at radius 2 is 1.55 bits per heavy atom. The molecule has 0 fully saturated rings. The molecular weight excluding hydrogens is 582 g/mol. The Hall–Kier alpha value is -2.40. The van der Waals surface area contributed by atoms with Gasteiger partial charge in [0.2, 0.25) is 5.91 Å². The van der Waals surface area contributed by atoms with Gasteiger partial charge in [0.15, 0.2) is 0 Å². The first-order chi connectivity index (χ1) is 19.6. The molecule has 0 saturated carbocycles. The van der Waals surface area contributed by atoms with E-state index < -0.39 is 41.9 Å². The molecule has 12 heteroatoms. The van der Waals surface area contributed by atoms with Crippen LogP contribution in [0.25, 0.3) is 0 Å². The minimum absolute atomic E-state index is 0.124. The number of alkyl halides is 1. The fourth-order valence-electron chi connectivity index (χ4n) is 2.52. The number of hydrogen-bond donors (Lipinski definition) is 3. The fourth-order valence-corrected chi connectivity index (χ4v) is 3.49. The fraction of sp³-hybridized carbons (Fsp3) is 0.733. The largest absolute Gasteiger partial charge is 0.456 e. The summed E-state index contributed by atoms with van der Waals surface area (Å²) in [5, 5.41) is 9.49. The number of ether oxygens (including phenoxy) is 3. The Morgan fingerprint density at radius 1 is 1.00 bits per heavy atom. The van der Waals surface area contributed by atoms with Crippen LogP contribution in [0.5, 0.6) is 0 Å². The van der Waals surface area contributed by atoms with E-state index in [0.717, 1.165) is 0 Å². The number of thioether (sulfide) groups is 1. The summed E-state index contributed by atoms with van der Waals surface area (Å²) >= 11 is 7.03. The molecule has 1 heterocycles. The van der Waals surface area contributed by atoms with Crippen LogP contribution >= 0.6 is 23.4 Å². The van der Waals surface area contributed by atoms with Crippen molar-refractivity contribution in [2.75, 3.05) is 19.0 Å². The van der Waals surface area contributed by atoms with Crippen LogP contribution in [-0.4, -0.2) is 65.6 Å². The molecule has 1 rings (SSSR count). The molecule has 0 spiro atoms. The summed E-state index contributed by atoms with van der Waals surface area (Å²) in [4.78, 5) is 48.4. The van der Waals surface area contributed by atoms with Gasteiger partial charge in [0.25, 0.3) is 0 Å². The van der Waals surface area contributed by atoms with Crippen molar-refractivity contribution in [1.29, 1.82) is 0 Å². The van der Waals surface area contributed by atoms with Gasteiger partial charge < -0.3 is 30.2 Å². The number of nitrogens with one attached hydrogen (secondary N) is 3. The summed E-state index contributed by atoms with van der Waals surface area (Å²) in [6.07, 6.45) is 3.37. The summed E-state index contributed by atoms with van der Waals surface area (Å²) in [5.41, 5.74) is -0.978. The lowest BCUT2D eigenvalue weighted by Gasteiger charge is -2.21. The van der Waals surface area contributed by atoms with Gasteiger partial charge in [0.05, 0.1) is 11.8 Å². The molecule has 0 aromatic rings. The van der Waals surface area contributed by atoms with E-state index in [0.29, 0.717) is 18.0 Å². The molecule has 0 saturated heterocycles. The zero-order chi connectivity index (χ0) is 33.4. The minimum atomic E-state index is -0.842. The molecule has 1 aliphatic rings. The van der Waals surface area contributed by atoms with Crippen LogP contribution < -0.4 is 16.0 Å². The van der Waals surface area contributed by atoms with E-state index in [1.165, 1.54) is 18.2 Å². The summed E-state index contributed by atoms with van der Waals surface area (Å²) in [7, 11) is 0. The van der Waals surface area contributed by atoms with Crippen LogP contribution in [-0.2, 0) is 28.6 Å². The van der Waals surface area contributed by atoms with Crippen molar-refractivity contribution in [3.05, 3.63) is 23.3 Å². The van der Waals surface area contributed by atoms with Crippen molar-refractivity contribution in [2.24, 2.45) is 0 Å². The van der Waals surface area contributed by atoms with Crippen LogP contribution in [0, 0.1) is 0 Å². The Bertz CT molecular complexity index is 838. The maximum Gasteiger partial charge on any atom is 0.408 e. The maximum atomic E-state index is 12.5. The number of carbonyl (C=O) groups excluding carboxylic acids is 4. The number of hydrogen-bond acceptors (Lipinski definition) is 9. The summed E-state index contributed by atoms with van der Waals surface area (Å²) in [6, 6.07) is 0. The first-order valence-electron chi connectivity index (χ1n) is 14.6. The van der Waals surface area contributed by atoms with Crippen molar-refractivity contribution >= 4 is 47.3 Å². The van der Waals surface area contributed by atoms with Crippen molar-refractivity contribution in [3.63, 3.8) is 0 Å². The van der Waals surface area contributed by atoms with Gasteiger partial charge in [-0.1, -0.05) is 54.0 Å². The lowest BCUT2D eigenvalue weighted by molar-refractivity contribution is -0.150. The third-order valence-corrected chi connectivity index (χ3v) is 5.04. The molecule has 0 aromatic heterocycles. The van der Waals surface area contributed by atoms with Crippen LogP contribution in [0.15, 0.2) is 23.3 Å². The van der Waals surface area contributed by atoms with Gasteiger partial charge in [-0.15, -0.1) is 23.4 Å². The Balaban J connectivity index is -0.00000199. The second kappa shape index (κ2) is 25.1. The van der Waals surface area contributed by atoms with Gasteiger partial charge in [0.1, 0.15) is 29.5 Å². The molecule has 0 bridgehead atoms. The van der Waals surface area contributed by atoms with E-state index in [-0.39, 0.29) is 24.2 Å². The van der Waals surface area contributed by atoms with Gasteiger partial charge in [-0.25, -0.2) is 9.59 Å². The third kappa shape index (κ3) is 26.5. The number of esters is 2. The third-order valence-electron chi connectivity index (χ3n) is 3.84. The number of carbonyl (C=O) groups is 4. The smallest absolute Gasteiger partial charge is 0.408 e. The van der Waals surface area contributed by atoms with Crippen LogP contribution in [0.1, 0.15) is 102 Å². The monoisotopic (exact) mass is 637 g/mol.